The van der Waals surface area contributed by atoms with Crippen molar-refractivity contribution in [1.82, 2.24) is 25.1 Å². The second-order valence-electron chi connectivity index (χ2n) is 8.53. The smallest absolute Gasteiger partial charge is 0.230 e. The number of hydrogen-bond donors (Lipinski definition) is 1. The van der Waals surface area contributed by atoms with Gasteiger partial charge in [-0.25, -0.2) is 0 Å². The van der Waals surface area contributed by atoms with E-state index < -0.39 is 0 Å². The first-order valence-corrected chi connectivity index (χ1v) is 11.7. The van der Waals surface area contributed by atoms with E-state index in [1.807, 2.05) is 16.7 Å². The summed E-state index contributed by atoms with van der Waals surface area (Å²) >= 11 is 1.45. The molecule has 1 N–H and O–H groups in total. The molecule has 29 heavy (non-hydrogen) atoms. The van der Waals surface area contributed by atoms with Crippen LogP contribution >= 0.6 is 11.8 Å². The van der Waals surface area contributed by atoms with E-state index in [-0.39, 0.29) is 5.91 Å². The summed E-state index contributed by atoms with van der Waals surface area (Å²) in [4.78, 5) is 16.6. The minimum Gasteiger partial charge on any atom is -0.353 e. The van der Waals surface area contributed by atoms with Gasteiger partial charge in [-0.05, 0) is 56.1 Å². The molecule has 3 rings (SSSR count). The standard InChI is InChI=1S/C22H33N5OS/c1-5-22(3,4)17-7-9-18(10-8-17)24-19(28)15-29-21-26-25-20(27(21)6-2)16-11-13-23-14-12-16/h11-14,17-18H,5-10,15H2,1-4H3,(H,24,28). The first-order valence-electron chi connectivity index (χ1n) is 10.7. The molecule has 1 aliphatic rings. The van der Waals surface area contributed by atoms with Crippen molar-refractivity contribution in [3.05, 3.63) is 24.5 Å². The molecule has 0 saturated heterocycles. The molecule has 0 radical (unpaired) electrons. The van der Waals surface area contributed by atoms with E-state index in [0.29, 0.717) is 17.2 Å². The Morgan fingerprint density at radius 1 is 1.17 bits per heavy atom. The third-order valence-electron chi connectivity index (χ3n) is 6.41. The van der Waals surface area contributed by atoms with Crippen molar-refractivity contribution in [2.24, 2.45) is 11.3 Å². The lowest BCUT2D eigenvalue weighted by molar-refractivity contribution is -0.119. The molecular formula is C22H33N5OS. The van der Waals surface area contributed by atoms with E-state index >= 15 is 0 Å². The molecule has 1 amide bonds. The molecule has 158 valence electrons. The van der Waals surface area contributed by atoms with Gasteiger partial charge in [-0.3, -0.25) is 9.78 Å². The maximum absolute atomic E-state index is 12.5. The average Bonchev–Trinajstić information content (AvgIpc) is 3.16. The van der Waals surface area contributed by atoms with Crippen LogP contribution in [0.1, 0.15) is 59.8 Å². The summed E-state index contributed by atoms with van der Waals surface area (Å²) < 4.78 is 2.05. The second kappa shape index (κ2) is 9.74. The third-order valence-corrected chi connectivity index (χ3v) is 7.38. The molecule has 7 heteroatoms. The highest BCUT2D eigenvalue weighted by Crippen LogP contribution is 2.40. The van der Waals surface area contributed by atoms with E-state index in [1.54, 1.807) is 12.4 Å². The molecule has 2 aromatic heterocycles. The van der Waals surface area contributed by atoms with Crippen molar-refractivity contribution in [2.45, 2.75) is 77.5 Å². The molecule has 2 heterocycles. The number of hydrogen-bond acceptors (Lipinski definition) is 5. The Morgan fingerprint density at radius 2 is 1.86 bits per heavy atom. The Balaban J connectivity index is 1.51. The molecule has 0 aliphatic heterocycles. The maximum Gasteiger partial charge on any atom is 0.230 e. The Labute approximate surface area is 178 Å². The van der Waals surface area contributed by atoms with Gasteiger partial charge in [0.2, 0.25) is 5.91 Å². The van der Waals surface area contributed by atoms with E-state index in [9.17, 15) is 4.79 Å². The average molecular weight is 416 g/mol. The largest absolute Gasteiger partial charge is 0.353 e. The van der Waals surface area contributed by atoms with Crippen LogP contribution in [0.3, 0.4) is 0 Å². The number of aromatic nitrogens is 4. The number of nitrogens with one attached hydrogen (secondary N) is 1. The van der Waals surface area contributed by atoms with Crippen LogP contribution in [0.2, 0.25) is 0 Å². The van der Waals surface area contributed by atoms with Crippen LogP contribution in [0, 0.1) is 11.3 Å². The normalized spacial score (nSPS) is 19.9. The van der Waals surface area contributed by atoms with E-state index in [4.69, 9.17) is 0 Å². The first-order chi connectivity index (χ1) is 13.9. The van der Waals surface area contributed by atoms with E-state index in [2.05, 4.69) is 48.2 Å². The number of rotatable bonds is 8. The molecule has 0 aromatic carbocycles. The van der Waals surface area contributed by atoms with Crippen LogP contribution < -0.4 is 5.32 Å². The number of thioether (sulfide) groups is 1. The lowest BCUT2D eigenvalue weighted by atomic mass is 9.69. The number of amides is 1. The number of carbonyl (C=O) groups excluding carboxylic acids is 1. The van der Waals surface area contributed by atoms with Crippen LogP contribution in [-0.4, -0.2) is 37.5 Å². The van der Waals surface area contributed by atoms with Crippen molar-refractivity contribution >= 4 is 17.7 Å². The Hall–Kier alpha value is -1.89. The Bertz CT molecular complexity index is 797. The number of pyridine rings is 1. The zero-order valence-electron chi connectivity index (χ0n) is 18.0. The summed E-state index contributed by atoms with van der Waals surface area (Å²) in [7, 11) is 0. The highest BCUT2D eigenvalue weighted by atomic mass is 32.2. The van der Waals surface area contributed by atoms with E-state index in [0.717, 1.165) is 41.8 Å². The highest BCUT2D eigenvalue weighted by molar-refractivity contribution is 7.99. The van der Waals surface area contributed by atoms with Crippen LogP contribution in [0.25, 0.3) is 11.4 Å². The van der Waals surface area contributed by atoms with Gasteiger partial charge in [0.05, 0.1) is 5.75 Å². The summed E-state index contributed by atoms with van der Waals surface area (Å²) in [6.07, 6.45) is 9.30. The Kier molecular flexibility index (Phi) is 7.33. The van der Waals surface area contributed by atoms with Crippen molar-refractivity contribution < 1.29 is 4.79 Å². The summed E-state index contributed by atoms with van der Waals surface area (Å²) in [5.74, 6) is 2.04. The molecule has 0 bridgehead atoms. The highest BCUT2D eigenvalue weighted by Gasteiger charge is 2.32. The van der Waals surface area contributed by atoms with Gasteiger partial charge in [0.15, 0.2) is 11.0 Å². The Morgan fingerprint density at radius 3 is 2.48 bits per heavy atom. The van der Waals surface area contributed by atoms with Gasteiger partial charge in [-0.15, -0.1) is 10.2 Å². The fourth-order valence-electron chi connectivity index (χ4n) is 4.10. The summed E-state index contributed by atoms with van der Waals surface area (Å²) in [6, 6.07) is 4.16. The summed E-state index contributed by atoms with van der Waals surface area (Å²) in [5, 5.41) is 12.6. The van der Waals surface area contributed by atoms with Crippen molar-refractivity contribution in [3.63, 3.8) is 0 Å². The van der Waals surface area contributed by atoms with Gasteiger partial charge in [0, 0.05) is 30.5 Å². The summed E-state index contributed by atoms with van der Waals surface area (Å²) in [5.41, 5.74) is 1.39. The van der Waals surface area contributed by atoms with Crippen molar-refractivity contribution in [2.75, 3.05) is 5.75 Å². The molecule has 0 unspecified atom stereocenters. The monoisotopic (exact) mass is 415 g/mol. The lowest BCUT2D eigenvalue weighted by Crippen LogP contribution is -2.40. The van der Waals surface area contributed by atoms with Gasteiger partial charge < -0.3 is 9.88 Å². The summed E-state index contributed by atoms with van der Waals surface area (Å²) in [6.45, 7) is 9.84. The van der Waals surface area contributed by atoms with Gasteiger partial charge in [-0.2, -0.15) is 0 Å². The molecule has 1 aliphatic carbocycles. The first kappa shape index (κ1) is 21.8. The molecule has 0 atom stereocenters. The van der Waals surface area contributed by atoms with Crippen LogP contribution in [0.4, 0.5) is 0 Å². The topological polar surface area (TPSA) is 72.7 Å². The molecule has 6 nitrogen and oxygen atoms in total. The number of nitrogens with zero attached hydrogens (tertiary/aromatic N) is 4. The van der Waals surface area contributed by atoms with Crippen molar-refractivity contribution in [1.29, 1.82) is 0 Å². The number of carbonyl (C=O) groups is 1. The lowest BCUT2D eigenvalue weighted by Gasteiger charge is -2.39. The molecule has 2 aromatic rings. The fraction of sp³-hybridized carbons (Fsp3) is 0.636. The molecule has 1 saturated carbocycles. The predicted octanol–water partition coefficient (Wildman–Crippen LogP) is 4.56. The molecule has 1 fully saturated rings. The zero-order valence-corrected chi connectivity index (χ0v) is 18.8. The predicted molar refractivity (Wildman–Crippen MR) is 118 cm³/mol. The van der Waals surface area contributed by atoms with Crippen LogP contribution in [0.15, 0.2) is 29.7 Å². The minimum atomic E-state index is 0.0873. The van der Waals surface area contributed by atoms with Crippen LogP contribution in [0.5, 0.6) is 0 Å². The minimum absolute atomic E-state index is 0.0873. The molecular weight excluding hydrogens is 382 g/mol. The quantitative estimate of drug-likeness (QED) is 0.640. The van der Waals surface area contributed by atoms with Gasteiger partial charge in [-0.1, -0.05) is 39.0 Å². The third kappa shape index (κ3) is 5.38. The van der Waals surface area contributed by atoms with E-state index in [1.165, 1.54) is 31.0 Å². The molecule has 0 spiro atoms. The van der Waals surface area contributed by atoms with Crippen molar-refractivity contribution in [3.8, 4) is 11.4 Å². The van der Waals surface area contributed by atoms with Gasteiger partial charge >= 0.3 is 0 Å². The second-order valence-corrected chi connectivity index (χ2v) is 9.48. The van der Waals surface area contributed by atoms with Crippen LogP contribution in [-0.2, 0) is 11.3 Å². The van der Waals surface area contributed by atoms with Gasteiger partial charge in [0.25, 0.3) is 0 Å². The van der Waals surface area contributed by atoms with Gasteiger partial charge in [0.1, 0.15) is 0 Å². The zero-order chi connectivity index (χ0) is 20.9. The SMILES string of the molecule is CCn1c(SCC(=O)NC2CCC(C(C)(C)CC)CC2)nnc1-c1ccncc1. The maximum atomic E-state index is 12.5. The fourth-order valence-corrected chi connectivity index (χ4v) is 4.92.